The SMILES string of the molecule is c1nc(Nc2ccc3c(c2)OCCO3)cc(N2CCC3(CC2)OCCO3)n1. The predicted molar refractivity (Wildman–Crippen MR) is 98.8 cm³/mol. The lowest BCUT2D eigenvalue weighted by atomic mass is 10.0. The van der Waals surface area contributed by atoms with Gasteiger partial charge < -0.3 is 29.2 Å². The first-order valence-corrected chi connectivity index (χ1v) is 9.31. The minimum Gasteiger partial charge on any atom is -0.486 e. The molecule has 3 aliphatic rings. The van der Waals surface area contributed by atoms with E-state index in [0.717, 1.165) is 54.8 Å². The molecule has 1 aromatic heterocycles. The molecule has 1 spiro atoms. The molecule has 2 saturated heterocycles. The Morgan fingerprint density at radius 3 is 2.48 bits per heavy atom. The Balaban J connectivity index is 1.28. The highest BCUT2D eigenvalue weighted by atomic mass is 16.7. The van der Waals surface area contributed by atoms with Crippen molar-refractivity contribution in [3.05, 3.63) is 30.6 Å². The minimum atomic E-state index is -0.379. The second-order valence-corrected chi connectivity index (χ2v) is 6.84. The average Bonchev–Trinajstić information content (AvgIpc) is 3.17. The van der Waals surface area contributed by atoms with Crippen LogP contribution in [0.1, 0.15) is 12.8 Å². The van der Waals surface area contributed by atoms with Gasteiger partial charge in [0, 0.05) is 43.8 Å². The van der Waals surface area contributed by atoms with Crippen molar-refractivity contribution >= 4 is 17.3 Å². The number of piperidine rings is 1. The van der Waals surface area contributed by atoms with Gasteiger partial charge in [0.2, 0.25) is 0 Å². The second kappa shape index (κ2) is 6.86. The number of benzene rings is 1. The molecule has 0 bridgehead atoms. The number of nitrogens with zero attached hydrogens (tertiary/aromatic N) is 3. The molecule has 0 atom stereocenters. The third kappa shape index (κ3) is 3.38. The molecular weight excluding hydrogens is 348 g/mol. The molecule has 4 heterocycles. The summed E-state index contributed by atoms with van der Waals surface area (Å²) in [6.45, 7) is 4.23. The normalized spacial score (nSPS) is 20.7. The van der Waals surface area contributed by atoms with Crippen molar-refractivity contribution < 1.29 is 18.9 Å². The van der Waals surface area contributed by atoms with Gasteiger partial charge in [-0.1, -0.05) is 0 Å². The lowest BCUT2D eigenvalue weighted by Gasteiger charge is -2.38. The highest BCUT2D eigenvalue weighted by Gasteiger charge is 2.40. The maximum Gasteiger partial charge on any atom is 0.171 e. The summed E-state index contributed by atoms with van der Waals surface area (Å²) < 4.78 is 22.8. The first-order valence-electron chi connectivity index (χ1n) is 9.31. The maximum atomic E-state index is 5.80. The Kier molecular flexibility index (Phi) is 4.21. The molecule has 8 heteroatoms. The Labute approximate surface area is 157 Å². The molecule has 5 rings (SSSR count). The van der Waals surface area contributed by atoms with Crippen molar-refractivity contribution in [2.24, 2.45) is 0 Å². The predicted octanol–water partition coefficient (Wildman–Crippen LogP) is 2.33. The first-order chi connectivity index (χ1) is 13.3. The van der Waals surface area contributed by atoms with Gasteiger partial charge in [0.05, 0.1) is 13.2 Å². The third-order valence-corrected chi connectivity index (χ3v) is 5.13. The van der Waals surface area contributed by atoms with E-state index in [0.29, 0.717) is 26.4 Å². The first kappa shape index (κ1) is 16.6. The van der Waals surface area contributed by atoms with Crippen molar-refractivity contribution in [2.45, 2.75) is 18.6 Å². The van der Waals surface area contributed by atoms with Gasteiger partial charge in [-0.15, -0.1) is 0 Å². The fraction of sp³-hybridized carbons (Fsp3) is 0.474. The molecule has 0 amide bonds. The fourth-order valence-electron chi connectivity index (χ4n) is 3.72. The van der Waals surface area contributed by atoms with E-state index in [-0.39, 0.29) is 5.79 Å². The molecule has 0 saturated carbocycles. The van der Waals surface area contributed by atoms with Crippen LogP contribution >= 0.6 is 0 Å². The number of aromatic nitrogens is 2. The molecule has 0 unspecified atom stereocenters. The van der Waals surface area contributed by atoms with Crippen LogP contribution in [0.5, 0.6) is 11.5 Å². The Bertz CT molecular complexity index is 815. The van der Waals surface area contributed by atoms with Gasteiger partial charge in [-0.05, 0) is 12.1 Å². The zero-order valence-electron chi connectivity index (χ0n) is 15.0. The van der Waals surface area contributed by atoms with E-state index >= 15 is 0 Å². The molecule has 27 heavy (non-hydrogen) atoms. The van der Waals surface area contributed by atoms with Gasteiger partial charge in [-0.3, -0.25) is 0 Å². The number of rotatable bonds is 3. The smallest absolute Gasteiger partial charge is 0.171 e. The summed E-state index contributed by atoms with van der Waals surface area (Å²) in [6.07, 6.45) is 3.28. The zero-order valence-corrected chi connectivity index (χ0v) is 15.0. The summed E-state index contributed by atoms with van der Waals surface area (Å²) in [7, 11) is 0. The van der Waals surface area contributed by atoms with E-state index in [2.05, 4.69) is 20.2 Å². The monoisotopic (exact) mass is 370 g/mol. The van der Waals surface area contributed by atoms with Crippen LogP contribution in [0.4, 0.5) is 17.3 Å². The summed E-state index contributed by atoms with van der Waals surface area (Å²) in [6, 6.07) is 7.75. The average molecular weight is 370 g/mol. The zero-order chi connectivity index (χ0) is 18.1. The minimum absolute atomic E-state index is 0.379. The molecule has 0 aliphatic carbocycles. The van der Waals surface area contributed by atoms with E-state index in [4.69, 9.17) is 18.9 Å². The Morgan fingerprint density at radius 2 is 1.67 bits per heavy atom. The van der Waals surface area contributed by atoms with Gasteiger partial charge in [0.25, 0.3) is 0 Å². The van der Waals surface area contributed by atoms with Crippen LogP contribution in [0.2, 0.25) is 0 Å². The molecule has 1 N–H and O–H groups in total. The van der Waals surface area contributed by atoms with E-state index in [1.54, 1.807) is 6.33 Å². The highest BCUT2D eigenvalue weighted by Crippen LogP contribution is 2.35. The molecule has 3 aliphatic heterocycles. The number of anilines is 3. The van der Waals surface area contributed by atoms with Gasteiger partial charge in [0.1, 0.15) is 31.2 Å². The Hall–Kier alpha value is -2.58. The summed E-state index contributed by atoms with van der Waals surface area (Å²) in [5, 5.41) is 3.32. The summed E-state index contributed by atoms with van der Waals surface area (Å²) in [5.41, 5.74) is 0.897. The van der Waals surface area contributed by atoms with Crippen LogP contribution in [-0.2, 0) is 9.47 Å². The molecule has 8 nitrogen and oxygen atoms in total. The Morgan fingerprint density at radius 1 is 0.889 bits per heavy atom. The van der Waals surface area contributed by atoms with Gasteiger partial charge in [0.15, 0.2) is 17.3 Å². The molecule has 2 fully saturated rings. The van der Waals surface area contributed by atoms with Crippen LogP contribution in [-0.4, -0.2) is 55.3 Å². The lowest BCUT2D eigenvalue weighted by Crippen LogP contribution is -2.45. The van der Waals surface area contributed by atoms with Crippen LogP contribution in [0, 0.1) is 0 Å². The molecule has 0 radical (unpaired) electrons. The largest absolute Gasteiger partial charge is 0.486 e. The van der Waals surface area contributed by atoms with E-state index < -0.39 is 0 Å². The van der Waals surface area contributed by atoms with Crippen LogP contribution in [0.25, 0.3) is 0 Å². The van der Waals surface area contributed by atoms with Crippen molar-refractivity contribution in [3.63, 3.8) is 0 Å². The van der Waals surface area contributed by atoms with Crippen molar-refractivity contribution in [3.8, 4) is 11.5 Å². The molecule has 142 valence electrons. The van der Waals surface area contributed by atoms with Crippen LogP contribution < -0.4 is 19.7 Å². The van der Waals surface area contributed by atoms with Crippen molar-refractivity contribution in [1.29, 1.82) is 0 Å². The molecule has 2 aromatic rings. The summed E-state index contributed by atoms with van der Waals surface area (Å²) in [5.74, 6) is 2.78. The van der Waals surface area contributed by atoms with Crippen LogP contribution in [0.15, 0.2) is 30.6 Å². The number of nitrogens with one attached hydrogen (secondary N) is 1. The number of fused-ring (bicyclic) bond motifs is 1. The highest BCUT2D eigenvalue weighted by molar-refractivity contribution is 5.63. The number of ether oxygens (including phenoxy) is 4. The molecular formula is C19H22N4O4. The van der Waals surface area contributed by atoms with Gasteiger partial charge in [-0.2, -0.15) is 0 Å². The van der Waals surface area contributed by atoms with Gasteiger partial charge in [-0.25, -0.2) is 9.97 Å². The van der Waals surface area contributed by atoms with Crippen molar-refractivity contribution in [1.82, 2.24) is 9.97 Å². The second-order valence-electron chi connectivity index (χ2n) is 6.84. The van der Waals surface area contributed by atoms with Crippen LogP contribution in [0.3, 0.4) is 0 Å². The summed E-state index contributed by atoms with van der Waals surface area (Å²) >= 11 is 0. The number of hydrogen-bond donors (Lipinski definition) is 1. The summed E-state index contributed by atoms with van der Waals surface area (Å²) in [4.78, 5) is 11.0. The standard InChI is InChI=1S/C19H22N4O4/c1-2-15-16(25-8-7-24-15)11-14(1)22-17-12-18(21-13-20-17)23-5-3-19(4-6-23)26-9-10-27-19/h1-2,11-13H,3-10H2,(H,20,21,22). The van der Waals surface area contributed by atoms with E-state index in [1.165, 1.54) is 0 Å². The van der Waals surface area contributed by atoms with Crippen molar-refractivity contribution in [2.75, 3.05) is 49.7 Å². The molecule has 1 aromatic carbocycles. The quantitative estimate of drug-likeness (QED) is 0.882. The fourth-order valence-corrected chi connectivity index (χ4v) is 3.72. The van der Waals surface area contributed by atoms with E-state index in [1.807, 2.05) is 24.3 Å². The topological polar surface area (TPSA) is 78.0 Å². The van der Waals surface area contributed by atoms with E-state index in [9.17, 15) is 0 Å². The lowest BCUT2D eigenvalue weighted by molar-refractivity contribution is -0.169. The third-order valence-electron chi connectivity index (χ3n) is 5.13. The maximum absolute atomic E-state index is 5.80. The van der Waals surface area contributed by atoms with Gasteiger partial charge >= 0.3 is 0 Å². The number of hydrogen-bond acceptors (Lipinski definition) is 8.